The van der Waals surface area contributed by atoms with Crippen molar-refractivity contribution in [3.8, 4) is 0 Å². The second-order valence-electron chi connectivity index (χ2n) is 9.60. The number of hydrogen-bond donors (Lipinski definition) is 1. The molecular weight excluding hydrogens is 370 g/mol. The average Bonchev–Trinajstić information content (AvgIpc) is 3.11. The van der Waals surface area contributed by atoms with Gasteiger partial charge in [0.25, 0.3) is 0 Å². The summed E-state index contributed by atoms with van der Waals surface area (Å²) in [6, 6.07) is 4.58. The van der Waals surface area contributed by atoms with Gasteiger partial charge in [-0.3, -0.25) is 4.79 Å². The van der Waals surface area contributed by atoms with Crippen LogP contribution in [-0.2, 0) is 15.6 Å². The van der Waals surface area contributed by atoms with Crippen molar-refractivity contribution in [3.63, 3.8) is 0 Å². The molecule has 1 saturated heterocycles. The summed E-state index contributed by atoms with van der Waals surface area (Å²) in [5, 5.41) is 4.02. The Labute approximate surface area is 173 Å². The predicted octanol–water partition coefficient (Wildman–Crippen LogP) is 7.00. The fourth-order valence-electron chi connectivity index (χ4n) is 4.29. The normalized spacial score (nSPS) is 23.1. The summed E-state index contributed by atoms with van der Waals surface area (Å²) in [6.07, 6.45) is 7.80. The van der Waals surface area contributed by atoms with E-state index in [1.165, 1.54) is 48.1 Å². The lowest BCUT2D eigenvalue weighted by Crippen LogP contribution is -2.34. The van der Waals surface area contributed by atoms with E-state index in [0.29, 0.717) is 6.42 Å². The van der Waals surface area contributed by atoms with Crippen LogP contribution in [0.1, 0.15) is 89.3 Å². The number of unbranched alkanes of at least 4 members (excludes halogenated alkanes) is 1. The van der Waals surface area contributed by atoms with Crippen LogP contribution in [0.5, 0.6) is 0 Å². The number of rotatable bonds is 6. The van der Waals surface area contributed by atoms with Crippen molar-refractivity contribution in [2.24, 2.45) is 0 Å². The van der Waals surface area contributed by atoms with Gasteiger partial charge in [-0.25, -0.2) is 0 Å². The Balaban J connectivity index is 1.62. The number of hydrogen-bond acceptors (Lipinski definition) is 3. The minimum atomic E-state index is 0.166. The number of carbonyl (C=O) groups is 1. The maximum atomic E-state index is 12.5. The minimum Gasteiger partial charge on any atom is -0.326 e. The molecule has 150 valence electrons. The average molecular weight is 406 g/mol. The van der Waals surface area contributed by atoms with Gasteiger partial charge >= 0.3 is 0 Å². The lowest BCUT2D eigenvalue weighted by atomic mass is 9.63. The van der Waals surface area contributed by atoms with Gasteiger partial charge in [0.15, 0.2) is 0 Å². The Morgan fingerprint density at radius 3 is 2.41 bits per heavy atom. The SMILES string of the molecule is Cc1cc2c(cc1NC(=O)CCCC[C@@H]1CCSS1)C(C)(C)CCC2(C)C. The van der Waals surface area contributed by atoms with Gasteiger partial charge in [0.05, 0.1) is 0 Å². The Bertz CT molecular complexity index is 690. The van der Waals surface area contributed by atoms with Gasteiger partial charge in [-0.15, -0.1) is 0 Å². The van der Waals surface area contributed by atoms with E-state index in [9.17, 15) is 4.79 Å². The van der Waals surface area contributed by atoms with E-state index >= 15 is 0 Å². The zero-order chi connectivity index (χ0) is 19.7. The smallest absolute Gasteiger partial charge is 0.224 e. The molecule has 2 aliphatic rings. The molecule has 2 nitrogen and oxygen atoms in total. The van der Waals surface area contributed by atoms with E-state index in [0.717, 1.165) is 23.8 Å². The largest absolute Gasteiger partial charge is 0.326 e. The van der Waals surface area contributed by atoms with Crippen molar-refractivity contribution >= 4 is 33.2 Å². The molecule has 1 aromatic rings. The number of aryl methyl sites for hydroxylation is 1. The van der Waals surface area contributed by atoms with E-state index in [1.54, 1.807) is 0 Å². The molecule has 1 heterocycles. The molecule has 0 saturated carbocycles. The highest BCUT2D eigenvalue weighted by molar-refractivity contribution is 8.77. The number of anilines is 1. The number of fused-ring (bicyclic) bond motifs is 1. The summed E-state index contributed by atoms with van der Waals surface area (Å²) in [7, 11) is 4.03. The maximum Gasteiger partial charge on any atom is 0.224 e. The van der Waals surface area contributed by atoms with E-state index in [-0.39, 0.29) is 16.7 Å². The first kappa shape index (κ1) is 21.1. The van der Waals surface area contributed by atoms with Crippen LogP contribution < -0.4 is 5.32 Å². The Kier molecular flexibility index (Phi) is 6.57. The molecule has 1 aliphatic heterocycles. The molecule has 1 N–H and O–H groups in total. The molecule has 0 aromatic heterocycles. The second-order valence-corrected chi connectivity index (χ2v) is 12.4. The molecule has 0 unspecified atom stereocenters. The first-order valence-electron chi connectivity index (χ1n) is 10.4. The Morgan fingerprint density at radius 1 is 1.11 bits per heavy atom. The summed E-state index contributed by atoms with van der Waals surface area (Å²) >= 11 is 0. The first-order chi connectivity index (χ1) is 12.7. The van der Waals surface area contributed by atoms with Crippen molar-refractivity contribution in [3.05, 3.63) is 28.8 Å². The van der Waals surface area contributed by atoms with E-state index in [4.69, 9.17) is 0 Å². The fourth-order valence-corrected chi connectivity index (χ4v) is 7.32. The number of carbonyl (C=O) groups excluding carboxylic acids is 1. The molecule has 1 aliphatic carbocycles. The standard InChI is InChI=1S/C23H35NOS2/c1-16-14-18-19(23(4,5)12-11-22(18,2)3)15-20(16)24-21(25)9-7-6-8-17-10-13-26-27-17/h14-15,17H,6-13H2,1-5H3,(H,24,25)/t17-/m1/s1. The number of amides is 1. The monoisotopic (exact) mass is 405 g/mol. The first-order valence-corrected chi connectivity index (χ1v) is 12.8. The molecular formula is C23H35NOS2. The van der Waals surface area contributed by atoms with E-state index in [2.05, 4.69) is 52.1 Å². The van der Waals surface area contributed by atoms with Crippen LogP contribution in [0.25, 0.3) is 0 Å². The zero-order valence-electron chi connectivity index (χ0n) is 17.6. The van der Waals surface area contributed by atoms with Crippen molar-refractivity contribution in [2.45, 2.75) is 95.6 Å². The maximum absolute atomic E-state index is 12.5. The molecule has 27 heavy (non-hydrogen) atoms. The quantitative estimate of drug-likeness (QED) is 0.408. The molecule has 3 rings (SSSR count). The molecule has 1 amide bonds. The van der Waals surface area contributed by atoms with Gasteiger partial charge in [0.2, 0.25) is 5.91 Å². The Morgan fingerprint density at radius 2 is 1.78 bits per heavy atom. The third-order valence-electron chi connectivity index (χ3n) is 6.38. The zero-order valence-corrected chi connectivity index (χ0v) is 19.2. The third kappa shape index (κ3) is 5.06. The predicted molar refractivity (Wildman–Crippen MR) is 122 cm³/mol. The van der Waals surface area contributed by atoms with Crippen molar-refractivity contribution in [2.75, 3.05) is 11.1 Å². The van der Waals surface area contributed by atoms with Gasteiger partial charge in [-0.1, -0.05) is 61.8 Å². The summed E-state index contributed by atoms with van der Waals surface area (Å²) < 4.78 is 0. The molecule has 4 heteroatoms. The molecule has 0 spiro atoms. The van der Waals surface area contributed by atoms with Crippen LogP contribution >= 0.6 is 21.6 Å². The second kappa shape index (κ2) is 8.41. The Hall–Kier alpha value is -0.610. The van der Waals surface area contributed by atoms with Gasteiger partial charge in [-0.05, 0) is 72.6 Å². The van der Waals surface area contributed by atoms with Crippen molar-refractivity contribution < 1.29 is 4.79 Å². The topological polar surface area (TPSA) is 29.1 Å². The van der Waals surface area contributed by atoms with Crippen LogP contribution in [0.4, 0.5) is 5.69 Å². The molecule has 1 atom stereocenters. The highest BCUT2D eigenvalue weighted by Crippen LogP contribution is 2.47. The molecule has 1 aromatic carbocycles. The summed E-state index contributed by atoms with van der Waals surface area (Å²) in [5.74, 6) is 1.46. The minimum absolute atomic E-state index is 0.166. The van der Waals surface area contributed by atoms with Crippen LogP contribution in [0.2, 0.25) is 0 Å². The fraction of sp³-hybridized carbons (Fsp3) is 0.696. The van der Waals surface area contributed by atoms with Gasteiger partial charge < -0.3 is 5.32 Å². The third-order valence-corrected chi connectivity index (χ3v) is 9.39. The molecule has 0 bridgehead atoms. The lowest BCUT2D eigenvalue weighted by molar-refractivity contribution is -0.116. The summed E-state index contributed by atoms with van der Waals surface area (Å²) in [5.41, 5.74) is 5.46. The molecule has 0 radical (unpaired) electrons. The molecule has 1 fully saturated rings. The number of benzene rings is 1. The van der Waals surface area contributed by atoms with E-state index < -0.39 is 0 Å². The van der Waals surface area contributed by atoms with Crippen LogP contribution in [-0.4, -0.2) is 16.9 Å². The van der Waals surface area contributed by atoms with Gasteiger partial charge in [-0.2, -0.15) is 0 Å². The summed E-state index contributed by atoms with van der Waals surface area (Å²) in [4.78, 5) is 12.5. The van der Waals surface area contributed by atoms with Crippen molar-refractivity contribution in [1.82, 2.24) is 0 Å². The lowest BCUT2D eigenvalue weighted by Gasteiger charge is -2.42. The van der Waals surface area contributed by atoms with Crippen LogP contribution in [0.15, 0.2) is 12.1 Å². The van der Waals surface area contributed by atoms with Gasteiger partial charge in [0, 0.05) is 23.1 Å². The summed E-state index contributed by atoms with van der Waals surface area (Å²) in [6.45, 7) is 11.5. The van der Waals surface area contributed by atoms with Crippen LogP contribution in [0.3, 0.4) is 0 Å². The highest BCUT2D eigenvalue weighted by Gasteiger charge is 2.37. The van der Waals surface area contributed by atoms with E-state index in [1.807, 2.05) is 21.6 Å². The van der Waals surface area contributed by atoms with Crippen molar-refractivity contribution in [1.29, 1.82) is 0 Å². The van der Waals surface area contributed by atoms with Crippen LogP contribution in [0, 0.1) is 6.92 Å². The van der Waals surface area contributed by atoms with Gasteiger partial charge in [0.1, 0.15) is 0 Å². The number of nitrogens with one attached hydrogen (secondary N) is 1. The highest BCUT2D eigenvalue weighted by atomic mass is 33.1.